The Labute approximate surface area is 141 Å². The SMILES string of the molecule is Cc1cc(C(=O)N[C@@H](C)Cc2cc(C)[nH]n2)c2cccc(C)c2n1. The van der Waals surface area contributed by atoms with Crippen molar-refractivity contribution in [2.45, 2.75) is 40.2 Å². The Kier molecular flexibility index (Phi) is 4.34. The smallest absolute Gasteiger partial charge is 0.252 e. The van der Waals surface area contributed by atoms with E-state index in [1.165, 1.54) is 0 Å². The number of H-pyrrole nitrogens is 1. The van der Waals surface area contributed by atoms with Gasteiger partial charge in [-0.2, -0.15) is 5.10 Å². The van der Waals surface area contributed by atoms with Crippen molar-refractivity contribution in [2.75, 3.05) is 0 Å². The second-order valence-electron chi connectivity index (χ2n) is 6.40. The van der Waals surface area contributed by atoms with Crippen molar-refractivity contribution in [3.63, 3.8) is 0 Å². The first-order chi connectivity index (χ1) is 11.4. The lowest BCUT2D eigenvalue weighted by atomic mass is 10.0. The normalized spacial score (nSPS) is 12.3. The standard InChI is InChI=1S/C19H22N4O/c1-11-6-5-7-16-17(10-13(3)20-18(11)16)19(24)21-12(2)8-15-9-14(4)22-23-15/h5-7,9-10,12H,8H2,1-4H3,(H,21,24)(H,22,23)/t12-/m0/s1. The fraction of sp³-hybridized carbons (Fsp3) is 0.316. The highest BCUT2D eigenvalue weighted by Crippen LogP contribution is 2.21. The van der Waals surface area contributed by atoms with Crippen LogP contribution in [0.3, 0.4) is 0 Å². The van der Waals surface area contributed by atoms with Crippen LogP contribution in [-0.2, 0) is 6.42 Å². The maximum Gasteiger partial charge on any atom is 0.252 e. The summed E-state index contributed by atoms with van der Waals surface area (Å²) in [5.41, 5.74) is 5.45. The van der Waals surface area contributed by atoms with Crippen molar-refractivity contribution in [1.82, 2.24) is 20.5 Å². The summed E-state index contributed by atoms with van der Waals surface area (Å²) in [5, 5.41) is 11.1. The van der Waals surface area contributed by atoms with E-state index in [4.69, 9.17) is 0 Å². The van der Waals surface area contributed by atoms with Crippen LogP contribution < -0.4 is 5.32 Å². The molecule has 3 rings (SSSR count). The predicted octanol–water partition coefficient (Wildman–Crippen LogP) is 3.24. The Morgan fingerprint density at radius 1 is 1.25 bits per heavy atom. The highest BCUT2D eigenvalue weighted by atomic mass is 16.1. The van der Waals surface area contributed by atoms with Gasteiger partial charge >= 0.3 is 0 Å². The van der Waals surface area contributed by atoms with Crippen molar-refractivity contribution in [1.29, 1.82) is 0 Å². The Hall–Kier alpha value is -2.69. The van der Waals surface area contributed by atoms with E-state index in [2.05, 4.69) is 20.5 Å². The zero-order chi connectivity index (χ0) is 17.3. The van der Waals surface area contributed by atoms with Crippen LogP contribution in [0.15, 0.2) is 30.3 Å². The van der Waals surface area contributed by atoms with Crippen molar-refractivity contribution in [2.24, 2.45) is 0 Å². The fourth-order valence-corrected chi connectivity index (χ4v) is 2.95. The van der Waals surface area contributed by atoms with Crippen molar-refractivity contribution >= 4 is 16.8 Å². The third-order valence-corrected chi connectivity index (χ3v) is 4.07. The maximum atomic E-state index is 12.8. The van der Waals surface area contributed by atoms with E-state index in [1.54, 1.807) is 0 Å². The van der Waals surface area contributed by atoms with Crippen LogP contribution in [0, 0.1) is 20.8 Å². The van der Waals surface area contributed by atoms with Crippen molar-refractivity contribution < 1.29 is 4.79 Å². The van der Waals surface area contributed by atoms with Crippen LogP contribution in [0.4, 0.5) is 0 Å². The lowest BCUT2D eigenvalue weighted by molar-refractivity contribution is 0.0941. The van der Waals surface area contributed by atoms with E-state index in [9.17, 15) is 4.79 Å². The molecule has 0 unspecified atom stereocenters. The van der Waals surface area contributed by atoms with E-state index in [1.807, 2.05) is 58.0 Å². The van der Waals surface area contributed by atoms with E-state index in [-0.39, 0.29) is 11.9 Å². The summed E-state index contributed by atoms with van der Waals surface area (Å²) in [7, 11) is 0. The lowest BCUT2D eigenvalue weighted by Gasteiger charge is -2.15. The molecule has 2 heterocycles. The van der Waals surface area contributed by atoms with Gasteiger partial charge < -0.3 is 5.32 Å². The van der Waals surface area contributed by atoms with Gasteiger partial charge in [-0.25, -0.2) is 0 Å². The van der Waals surface area contributed by atoms with E-state index < -0.39 is 0 Å². The van der Waals surface area contributed by atoms with Gasteiger partial charge in [0.05, 0.1) is 16.8 Å². The van der Waals surface area contributed by atoms with Crippen molar-refractivity contribution in [3.05, 3.63) is 58.5 Å². The van der Waals surface area contributed by atoms with Crippen LogP contribution in [0.1, 0.15) is 39.9 Å². The highest BCUT2D eigenvalue weighted by Gasteiger charge is 2.16. The van der Waals surface area contributed by atoms with Crippen LogP contribution in [-0.4, -0.2) is 27.1 Å². The van der Waals surface area contributed by atoms with Crippen LogP contribution in [0.5, 0.6) is 0 Å². The number of carbonyl (C=O) groups is 1. The minimum absolute atomic E-state index is 0.00599. The van der Waals surface area contributed by atoms with Gasteiger partial charge in [-0.3, -0.25) is 14.9 Å². The number of amides is 1. The maximum absolute atomic E-state index is 12.8. The average Bonchev–Trinajstić information content (AvgIpc) is 2.92. The average molecular weight is 322 g/mol. The summed E-state index contributed by atoms with van der Waals surface area (Å²) in [4.78, 5) is 17.3. The summed E-state index contributed by atoms with van der Waals surface area (Å²) in [6.45, 7) is 7.88. The van der Waals surface area contributed by atoms with E-state index >= 15 is 0 Å². The lowest BCUT2D eigenvalue weighted by Crippen LogP contribution is -2.34. The van der Waals surface area contributed by atoms with E-state index in [0.717, 1.165) is 33.5 Å². The molecule has 0 radical (unpaired) electrons. The van der Waals surface area contributed by atoms with Crippen LogP contribution >= 0.6 is 0 Å². The molecular weight excluding hydrogens is 300 g/mol. The Balaban J connectivity index is 1.84. The van der Waals surface area contributed by atoms with Gasteiger partial charge in [0.1, 0.15) is 0 Å². The number of hydrogen-bond acceptors (Lipinski definition) is 3. The molecule has 124 valence electrons. The highest BCUT2D eigenvalue weighted by molar-refractivity contribution is 6.06. The number of aryl methyl sites for hydroxylation is 3. The van der Waals surface area contributed by atoms with Gasteiger partial charge in [0.2, 0.25) is 0 Å². The third-order valence-electron chi connectivity index (χ3n) is 4.07. The quantitative estimate of drug-likeness (QED) is 0.774. The number of aromatic nitrogens is 3. The molecule has 2 N–H and O–H groups in total. The number of nitrogens with zero attached hydrogens (tertiary/aromatic N) is 2. The third kappa shape index (κ3) is 3.30. The largest absolute Gasteiger partial charge is 0.349 e. The number of benzene rings is 1. The molecule has 5 nitrogen and oxygen atoms in total. The molecule has 0 fully saturated rings. The number of para-hydroxylation sites is 1. The van der Waals surface area contributed by atoms with Gasteiger partial charge in [-0.15, -0.1) is 0 Å². The van der Waals surface area contributed by atoms with Crippen LogP contribution in [0.2, 0.25) is 0 Å². The van der Waals surface area contributed by atoms with Gasteiger partial charge in [0, 0.05) is 29.2 Å². The monoisotopic (exact) mass is 322 g/mol. The molecule has 1 aromatic carbocycles. The first kappa shape index (κ1) is 16.2. The van der Waals surface area contributed by atoms with Gasteiger partial charge in [-0.05, 0) is 45.4 Å². The molecule has 0 bridgehead atoms. The Morgan fingerprint density at radius 2 is 2.04 bits per heavy atom. The minimum Gasteiger partial charge on any atom is -0.349 e. The number of fused-ring (bicyclic) bond motifs is 1. The summed E-state index contributed by atoms with van der Waals surface area (Å²) in [6, 6.07) is 9.76. The number of nitrogens with one attached hydrogen (secondary N) is 2. The number of pyridine rings is 1. The molecule has 5 heteroatoms. The summed E-state index contributed by atoms with van der Waals surface area (Å²) >= 11 is 0. The van der Waals surface area contributed by atoms with Gasteiger partial charge in [0.15, 0.2) is 0 Å². The second kappa shape index (κ2) is 6.43. The van der Waals surface area contributed by atoms with Crippen molar-refractivity contribution in [3.8, 4) is 0 Å². The molecule has 24 heavy (non-hydrogen) atoms. The minimum atomic E-state index is -0.0733. The van der Waals surface area contributed by atoms with Crippen LogP contribution in [0.25, 0.3) is 10.9 Å². The summed E-state index contributed by atoms with van der Waals surface area (Å²) in [5.74, 6) is -0.0733. The number of rotatable bonds is 4. The summed E-state index contributed by atoms with van der Waals surface area (Å²) < 4.78 is 0. The molecule has 3 aromatic rings. The molecule has 2 aromatic heterocycles. The molecule has 1 amide bonds. The van der Waals surface area contributed by atoms with Gasteiger partial charge in [0.25, 0.3) is 5.91 Å². The molecule has 0 saturated carbocycles. The number of aromatic amines is 1. The molecule has 0 aliphatic rings. The number of carbonyl (C=O) groups excluding carboxylic acids is 1. The fourth-order valence-electron chi connectivity index (χ4n) is 2.95. The zero-order valence-electron chi connectivity index (χ0n) is 14.5. The molecule has 0 saturated heterocycles. The molecule has 0 spiro atoms. The number of hydrogen-bond donors (Lipinski definition) is 2. The first-order valence-corrected chi connectivity index (χ1v) is 8.13. The topological polar surface area (TPSA) is 70.7 Å². The molecule has 0 aliphatic carbocycles. The zero-order valence-corrected chi connectivity index (χ0v) is 14.5. The summed E-state index contributed by atoms with van der Waals surface area (Å²) in [6.07, 6.45) is 0.692. The second-order valence-corrected chi connectivity index (χ2v) is 6.40. The predicted molar refractivity (Wildman–Crippen MR) is 95.2 cm³/mol. The first-order valence-electron chi connectivity index (χ1n) is 8.13. The molecule has 1 atom stereocenters. The Bertz CT molecular complexity index is 898. The molecular formula is C19H22N4O. The van der Waals surface area contributed by atoms with E-state index in [0.29, 0.717) is 12.0 Å². The van der Waals surface area contributed by atoms with Gasteiger partial charge in [-0.1, -0.05) is 18.2 Å². The Morgan fingerprint density at radius 3 is 2.75 bits per heavy atom. The molecule has 0 aliphatic heterocycles.